The summed E-state index contributed by atoms with van der Waals surface area (Å²) in [5, 5.41) is 49.9. The molecule has 0 amide bonds. The van der Waals surface area contributed by atoms with Gasteiger partial charge < -0.3 is 39.9 Å². The van der Waals surface area contributed by atoms with E-state index in [4.69, 9.17) is 18.5 Å². The molecule has 0 aromatic rings. The summed E-state index contributed by atoms with van der Waals surface area (Å²) in [6, 6.07) is 0. The van der Waals surface area contributed by atoms with Crippen LogP contribution in [-0.2, 0) is 32.7 Å². The van der Waals surface area contributed by atoms with Crippen molar-refractivity contribution < 1.29 is 63.1 Å². The van der Waals surface area contributed by atoms with Gasteiger partial charge in [-0.25, -0.2) is 4.57 Å². The van der Waals surface area contributed by atoms with E-state index in [0.717, 1.165) is 25.7 Å². The zero-order valence-corrected chi connectivity index (χ0v) is 32.4. The largest absolute Gasteiger partial charge is 0.472 e. The van der Waals surface area contributed by atoms with Gasteiger partial charge in [0.05, 0.1) is 6.61 Å². The quantitative estimate of drug-likeness (QED) is 0.0229. The smallest absolute Gasteiger partial charge is 0.462 e. The zero-order valence-electron chi connectivity index (χ0n) is 31.5. The molecule has 0 heterocycles. The van der Waals surface area contributed by atoms with Gasteiger partial charge in [0.1, 0.15) is 43.2 Å². The maximum Gasteiger partial charge on any atom is 0.472 e. The fourth-order valence-electron chi connectivity index (χ4n) is 5.37. The Balaban J connectivity index is 2.62. The first-order chi connectivity index (χ1) is 25.4. The number of hydrogen-bond donors (Lipinski definition) is 6. The molecule has 6 N–H and O–H groups in total. The molecule has 0 aliphatic heterocycles. The van der Waals surface area contributed by atoms with Gasteiger partial charge in [-0.15, -0.1) is 0 Å². The van der Waals surface area contributed by atoms with Gasteiger partial charge in [-0.3, -0.25) is 18.6 Å². The van der Waals surface area contributed by atoms with Crippen LogP contribution in [0.25, 0.3) is 0 Å². The topological polar surface area (TPSA) is 210 Å². The second-order valence-corrected chi connectivity index (χ2v) is 14.6. The molecule has 0 saturated heterocycles. The van der Waals surface area contributed by atoms with Gasteiger partial charge in [0.15, 0.2) is 6.10 Å². The van der Waals surface area contributed by atoms with E-state index in [1.165, 1.54) is 44.9 Å². The number of aliphatic hydroxyl groups excluding tert-OH is 5. The van der Waals surface area contributed by atoms with E-state index in [1.54, 1.807) is 0 Å². The van der Waals surface area contributed by atoms with Crippen molar-refractivity contribution in [2.24, 2.45) is 0 Å². The number of carbonyl (C=O) groups excluding carboxylic acids is 2. The Hall–Kier alpha value is -2.45. The van der Waals surface area contributed by atoms with Gasteiger partial charge in [0, 0.05) is 12.8 Å². The number of hydrogen-bond acceptors (Lipinski definition) is 12. The third kappa shape index (κ3) is 23.2. The molecular weight excluding hydrogens is 707 g/mol. The van der Waals surface area contributed by atoms with Crippen molar-refractivity contribution in [3.8, 4) is 0 Å². The van der Waals surface area contributed by atoms with Crippen molar-refractivity contribution in [1.82, 2.24) is 0 Å². The Morgan fingerprint density at radius 3 is 1.62 bits per heavy atom. The van der Waals surface area contributed by atoms with Gasteiger partial charge in [-0.05, 0) is 25.7 Å². The SMILES string of the molecule is CCC=CC=CC=CC=CC=CCCCC(=O)OC(COC(=O)CCCCCCCCCCCCC)COP(=O)(O)OC1C(O)C(O)C(O)C(O)C1O. The summed E-state index contributed by atoms with van der Waals surface area (Å²) < 4.78 is 33.2. The lowest BCUT2D eigenvalue weighted by Gasteiger charge is -2.41. The fourth-order valence-corrected chi connectivity index (χ4v) is 6.35. The Morgan fingerprint density at radius 1 is 0.604 bits per heavy atom. The summed E-state index contributed by atoms with van der Waals surface area (Å²) in [7, 11) is -5.13. The standard InChI is InChI=1S/C39H65O13P/c1-3-5-7-9-11-13-15-16-18-20-22-24-26-28-33(41)51-31(29-49-32(40)27-25-23-21-19-17-14-12-10-8-6-4-2)30-50-53(47,48)52-39-37(45)35(43)34(42)36(44)38(39)46/h5,7,9,11,13,15-16,18,20,22,31,34-39,42-46H,3-4,6,8,10,12,14,17,19,21,23-30H2,1-2H3,(H,47,48). The first kappa shape index (κ1) is 48.6. The van der Waals surface area contributed by atoms with Crippen LogP contribution in [0, 0.1) is 0 Å². The fraction of sp³-hybridized carbons (Fsp3) is 0.692. The van der Waals surface area contributed by atoms with E-state index in [9.17, 15) is 44.6 Å². The molecule has 0 aromatic heterocycles. The van der Waals surface area contributed by atoms with Crippen LogP contribution in [0.15, 0.2) is 60.8 Å². The molecule has 1 aliphatic carbocycles. The van der Waals surface area contributed by atoms with Gasteiger partial charge in [0.2, 0.25) is 0 Å². The van der Waals surface area contributed by atoms with E-state index >= 15 is 0 Å². The van der Waals surface area contributed by atoms with E-state index in [2.05, 4.69) is 19.9 Å². The summed E-state index contributed by atoms with van der Waals surface area (Å²) in [5.41, 5.74) is 0. The third-order valence-electron chi connectivity index (χ3n) is 8.50. The van der Waals surface area contributed by atoms with Crippen LogP contribution in [0.1, 0.15) is 117 Å². The predicted molar refractivity (Wildman–Crippen MR) is 202 cm³/mol. The molecule has 6 atom stereocenters. The average Bonchev–Trinajstić information content (AvgIpc) is 3.13. The van der Waals surface area contributed by atoms with E-state index < -0.39 is 75.7 Å². The molecule has 1 aliphatic rings. The number of phosphoric ester groups is 1. The molecule has 304 valence electrons. The summed E-state index contributed by atoms with van der Waals surface area (Å²) >= 11 is 0. The van der Waals surface area contributed by atoms with E-state index in [1.807, 2.05) is 54.7 Å². The molecule has 53 heavy (non-hydrogen) atoms. The Bertz CT molecular complexity index is 1170. The minimum absolute atomic E-state index is 0.000929. The maximum absolute atomic E-state index is 12.7. The summed E-state index contributed by atoms with van der Waals surface area (Å²) in [6.07, 6.45) is 20.3. The highest BCUT2D eigenvalue weighted by Crippen LogP contribution is 2.47. The molecule has 14 heteroatoms. The van der Waals surface area contributed by atoms with E-state index in [-0.39, 0.29) is 12.8 Å². The summed E-state index contributed by atoms with van der Waals surface area (Å²) in [5.74, 6) is -1.19. The second-order valence-electron chi connectivity index (χ2n) is 13.2. The number of ether oxygens (including phenoxy) is 2. The number of allylic oxidation sites excluding steroid dienone is 10. The van der Waals surface area contributed by atoms with Crippen LogP contribution in [-0.4, -0.2) is 98.3 Å². The van der Waals surface area contributed by atoms with Crippen molar-refractivity contribution in [1.29, 1.82) is 0 Å². The number of phosphoric acid groups is 1. The maximum atomic E-state index is 12.7. The van der Waals surface area contributed by atoms with Gasteiger partial charge in [-0.2, -0.15) is 0 Å². The van der Waals surface area contributed by atoms with Crippen molar-refractivity contribution in [2.45, 2.75) is 159 Å². The Kier molecular flexibility index (Phi) is 27.4. The highest BCUT2D eigenvalue weighted by molar-refractivity contribution is 7.47. The first-order valence-corrected chi connectivity index (χ1v) is 20.7. The predicted octanol–water partition coefficient (Wildman–Crippen LogP) is 5.82. The molecule has 6 unspecified atom stereocenters. The molecule has 1 saturated carbocycles. The molecule has 0 spiro atoms. The molecule has 1 rings (SSSR count). The van der Waals surface area contributed by atoms with Crippen LogP contribution in [0.4, 0.5) is 0 Å². The van der Waals surface area contributed by atoms with Crippen molar-refractivity contribution in [3.63, 3.8) is 0 Å². The van der Waals surface area contributed by atoms with Crippen molar-refractivity contribution in [2.75, 3.05) is 13.2 Å². The summed E-state index contributed by atoms with van der Waals surface area (Å²) in [6.45, 7) is 3.03. The lowest BCUT2D eigenvalue weighted by molar-refractivity contribution is -0.220. The van der Waals surface area contributed by atoms with Crippen LogP contribution in [0.5, 0.6) is 0 Å². The van der Waals surface area contributed by atoms with Crippen LogP contribution >= 0.6 is 7.82 Å². The highest BCUT2D eigenvalue weighted by Gasteiger charge is 2.51. The minimum atomic E-state index is -5.13. The molecule has 1 fully saturated rings. The summed E-state index contributed by atoms with van der Waals surface area (Å²) in [4.78, 5) is 35.4. The molecule has 13 nitrogen and oxygen atoms in total. The van der Waals surface area contributed by atoms with E-state index in [0.29, 0.717) is 19.3 Å². The number of aliphatic hydroxyl groups is 5. The van der Waals surface area contributed by atoms with Crippen molar-refractivity contribution >= 4 is 19.8 Å². The highest BCUT2D eigenvalue weighted by atomic mass is 31.2. The number of carbonyl (C=O) groups is 2. The van der Waals surface area contributed by atoms with Crippen LogP contribution in [0.2, 0.25) is 0 Å². The number of rotatable bonds is 29. The van der Waals surface area contributed by atoms with Gasteiger partial charge >= 0.3 is 19.8 Å². The molecule has 0 radical (unpaired) electrons. The number of esters is 2. The Morgan fingerprint density at radius 2 is 1.08 bits per heavy atom. The molecule has 0 bridgehead atoms. The minimum Gasteiger partial charge on any atom is -0.462 e. The van der Waals surface area contributed by atoms with Crippen LogP contribution < -0.4 is 0 Å². The lowest BCUT2D eigenvalue weighted by Crippen LogP contribution is -2.64. The molecular formula is C39H65O13P. The molecule has 0 aromatic carbocycles. The van der Waals surface area contributed by atoms with Gasteiger partial charge in [0.25, 0.3) is 0 Å². The Labute approximate surface area is 315 Å². The zero-order chi connectivity index (χ0) is 39.3. The third-order valence-corrected chi connectivity index (χ3v) is 9.49. The average molecular weight is 773 g/mol. The number of unbranched alkanes of at least 4 members (excludes halogenated alkanes) is 11. The lowest BCUT2D eigenvalue weighted by atomic mass is 9.85. The normalized spacial score (nSPS) is 24.2. The van der Waals surface area contributed by atoms with Crippen LogP contribution in [0.3, 0.4) is 0 Å². The van der Waals surface area contributed by atoms with Crippen molar-refractivity contribution in [3.05, 3.63) is 60.8 Å². The first-order valence-electron chi connectivity index (χ1n) is 19.2. The van der Waals surface area contributed by atoms with Gasteiger partial charge in [-0.1, -0.05) is 139 Å². The monoisotopic (exact) mass is 772 g/mol. The second kappa shape index (κ2) is 29.9.